The van der Waals surface area contributed by atoms with Gasteiger partial charge in [0.05, 0.1) is 47.7 Å². The molecule has 4 aliphatic heterocycles. The van der Waals surface area contributed by atoms with Crippen LogP contribution < -0.4 is 30.7 Å². The number of aliphatic hydroxyl groups excluding tert-OH is 1. The van der Waals surface area contributed by atoms with Gasteiger partial charge in [-0.25, -0.2) is 9.97 Å². The first-order valence-electron chi connectivity index (χ1n) is 25.5. The summed E-state index contributed by atoms with van der Waals surface area (Å²) in [5, 5.41) is 39.6. The predicted octanol–water partition coefficient (Wildman–Crippen LogP) is 4.57. The van der Waals surface area contributed by atoms with Crippen LogP contribution in [0, 0.1) is 29.1 Å². The fourth-order valence-electron chi connectivity index (χ4n) is 12.0. The summed E-state index contributed by atoms with van der Waals surface area (Å²) < 4.78 is 0. The van der Waals surface area contributed by atoms with Gasteiger partial charge >= 0.3 is 0 Å². The summed E-state index contributed by atoms with van der Waals surface area (Å²) in [7, 11) is 0. The molecule has 3 saturated heterocycles. The number of amides is 3. The first kappa shape index (κ1) is 48.1. The van der Waals surface area contributed by atoms with E-state index in [-0.39, 0.29) is 59.9 Å². The Morgan fingerprint density at radius 1 is 0.873 bits per heavy atom. The van der Waals surface area contributed by atoms with Crippen LogP contribution in [0.1, 0.15) is 89.8 Å². The number of anilines is 4. The number of para-hydroxylation sites is 1. The molecule has 0 unspecified atom stereocenters. The van der Waals surface area contributed by atoms with E-state index in [9.17, 15) is 24.6 Å². The molecule has 2 aliphatic carbocycles. The molecular weight excluding hydrogens is 897 g/mol. The summed E-state index contributed by atoms with van der Waals surface area (Å²) in [5.74, 6) is 3.32. The Labute approximate surface area is 416 Å². The summed E-state index contributed by atoms with van der Waals surface area (Å²) >= 11 is 0. The number of phenols is 1. The zero-order valence-corrected chi connectivity index (χ0v) is 41.4. The molecule has 2 aromatic carbocycles. The standard InChI is InChI=1S/C54H68N12O5/c1-6-35-11-13-36(14-12-35)34(2)58-50(70)45-25-41(67)33-66(45)51(71)47(53(3,4)5)59-49(69)37-15-17-54(18-16-37)27-38(28-54)62-19-21-63(22-20-62)39-29-56-52(57-30-39)64-23-24-65-40(32-64)31-55-48-44(65)26-43(60-61-48)42-9-7-8-10-46(42)68/h1,7-14,26,29-30,34,37-38,40-41,45,47,67-68H,15-25,27-28,31-33H2,2-5H3,(H,55,61)(H,58,70)(H,59,69)/t34-,37?,38?,40-,41+,45-,47+,54?/m0/s1. The van der Waals surface area contributed by atoms with E-state index in [0.717, 1.165) is 125 Å². The van der Waals surface area contributed by atoms with Gasteiger partial charge in [0.25, 0.3) is 0 Å². The van der Waals surface area contributed by atoms with E-state index in [1.165, 1.54) is 4.90 Å². The van der Waals surface area contributed by atoms with Crippen molar-refractivity contribution >= 4 is 40.9 Å². The van der Waals surface area contributed by atoms with Crippen molar-refractivity contribution in [3.05, 3.63) is 78.1 Å². The Balaban J connectivity index is 0.670. The number of terminal acetylenes is 1. The van der Waals surface area contributed by atoms with Crippen LogP contribution in [0.25, 0.3) is 11.3 Å². The molecule has 6 aliphatic rings. The Hall–Kier alpha value is -6.51. The van der Waals surface area contributed by atoms with E-state index < -0.39 is 23.6 Å². The Morgan fingerprint density at radius 2 is 1.58 bits per heavy atom. The lowest BCUT2D eigenvalue weighted by Crippen LogP contribution is -2.59. The third-order valence-electron chi connectivity index (χ3n) is 16.3. The number of aromatic hydroxyl groups is 1. The van der Waals surface area contributed by atoms with Crippen LogP contribution in [0.3, 0.4) is 0 Å². The smallest absolute Gasteiger partial charge is 0.246 e. The molecule has 374 valence electrons. The van der Waals surface area contributed by atoms with E-state index >= 15 is 0 Å². The molecule has 1 spiro atoms. The quantitative estimate of drug-likeness (QED) is 0.139. The van der Waals surface area contributed by atoms with E-state index in [4.69, 9.17) is 16.4 Å². The maximum absolute atomic E-state index is 14.3. The number of aromatic nitrogens is 4. The SMILES string of the molecule is C#Cc1ccc([C@H](C)NC(=O)[C@@H]2C[C@@H](O)CN2C(=O)[C@@H](NC(=O)C2CCC3(CC2)CC(N2CCN(c4cnc(N5CCN6c7cc(-c8ccccc8O)nnc7NC[C@H]6C5)nc4)CC2)C3)C(C)(C)C)cc1. The highest BCUT2D eigenvalue weighted by atomic mass is 16.3. The second kappa shape index (κ2) is 19.6. The number of aliphatic hydroxyl groups is 1. The molecule has 6 heterocycles. The number of β-amino-alcohol motifs (C(OH)–C–C–N with tert-alkyl or cyclic N) is 1. The first-order chi connectivity index (χ1) is 34.1. The lowest BCUT2D eigenvalue weighted by atomic mass is 9.56. The highest BCUT2D eigenvalue weighted by Crippen LogP contribution is 2.54. The van der Waals surface area contributed by atoms with Gasteiger partial charge in [-0.05, 0) is 92.2 Å². The molecule has 3 amide bonds. The minimum absolute atomic E-state index is 0.0335. The lowest BCUT2D eigenvalue weighted by molar-refractivity contribution is -0.145. The van der Waals surface area contributed by atoms with Crippen molar-refractivity contribution in [1.82, 2.24) is 40.6 Å². The van der Waals surface area contributed by atoms with Crippen LogP contribution >= 0.6 is 0 Å². The van der Waals surface area contributed by atoms with Gasteiger partial charge in [0.15, 0.2) is 5.82 Å². The average Bonchev–Trinajstić information content (AvgIpc) is 3.78. The molecule has 2 aromatic heterocycles. The summed E-state index contributed by atoms with van der Waals surface area (Å²) in [6.45, 7) is 14.6. The number of nitrogens with one attached hydrogen (secondary N) is 3. The Morgan fingerprint density at radius 3 is 2.27 bits per heavy atom. The van der Waals surface area contributed by atoms with Crippen molar-refractivity contribution in [3.63, 3.8) is 0 Å². The van der Waals surface area contributed by atoms with Crippen LogP contribution in [0.2, 0.25) is 0 Å². The molecule has 71 heavy (non-hydrogen) atoms. The van der Waals surface area contributed by atoms with E-state index in [1.807, 2.05) is 82.6 Å². The molecule has 0 bridgehead atoms. The van der Waals surface area contributed by atoms with E-state index in [2.05, 4.69) is 51.7 Å². The third kappa shape index (κ3) is 9.93. The fourth-order valence-corrected chi connectivity index (χ4v) is 12.0. The topological polar surface area (TPSA) is 196 Å². The number of hydrogen-bond donors (Lipinski definition) is 5. The van der Waals surface area contributed by atoms with Gasteiger partial charge in [0.1, 0.15) is 17.8 Å². The average molecular weight is 965 g/mol. The number of fused-ring (bicyclic) bond motifs is 3. The van der Waals surface area contributed by atoms with Gasteiger partial charge < -0.3 is 45.8 Å². The second-order valence-electron chi connectivity index (χ2n) is 22.0. The van der Waals surface area contributed by atoms with Crippen molar-refractivity contribution in [2.75, 3.05) is 78.9 Å². The minimum atomic E-state index is -0.851. The number of piperazine rings is 2. The van der Waals surface area contributed by atoms with Gasteiger partial charge in [0, 0.05) is 88.4 Å². The normalized spacial score (nSPS) is 26.3. The molecule has 5 fully saturated rings. The summed E-state index contributed by atoms with van der Waals surface area (Å²) in [5.41, 5.74) is 4.61. The van der Waals surface area contributed by atoms with Gasteiger partial charge in [0.2, 0.25) is 23.7 Å². The van der Waals surface area contributed by atoms with Crippen molar-refractivity contribution in [1.29, 1.82) is 0 Å². The van der Waals surface area contributed by atoms with Crippen molar-refractivity contribution in [2.24, 2.45) is 16.7 Å². The van der Waals surface area contributed by atoms with Crippen LogP contribution in [0.5, 0.6) is 5.75 Å². The maximum atomic E-state index is 14.3. The zero-order valence-electron chi connectivity index (χ0n) is 41.4. The lowest BCUT2D eigenvalue weighted by Gasteiger charge is -2.56. The second-order valence-corrected chi connectivity index (χ2v) is 22.0. The van der Waals surface area contributed by atoms with Gasteiger partial charge in [-0.2, -0.15) is 0 Å². The van der Waals surface area contributed by atoms with Crippen molar-refractivity contribution < 1.29 is 24.6 Å². The highest BCUT2D eigenvalue weighted by Gasteiger charge is 2.50. The third-order valence-corrected chi connectivity index (χ3v) is 16.3. The molecule has 5 N–H and O–H groups in total. The minimum Gasteiger partial charge on any atom is -0.507 e. The predicted molar refractivity (Wildman–Crippen MR) is 273 cm³/mol. The monoisotopic (exact) mass is 965 g/mol. The Kier molecular flexibility index (Phi) is 13.3. The number of nitrogens with zero attached hydrogens (tertiary/aromatic N) is 9. The molecule has 10 rings (SSSR count). The molecule has 2 saturated carbocycles. The molecular formula is C54H68N12O5. The number of carbonyl (C=O) groups is 3. The van der Waals surface area contributed by atoms with Gasteiger partial charge in [-0.3, -0.25) is 19.3 Å². The largest absolute Gasteiger partial charge is 0.507 e. The maximum Gasteiger partial charge on any atom is 0.246 e. The number of hydrogen-bond acceptors (Lipinski definition) is 14. The summed E-state index contributed by atoms with van der Waals surface area (Å²) in [4.78, 5) is 62.8. The summed E-state index contributed by atoms with van der Waals surface area (Å²) in [6.07, 6.45) is 14.6. The van der Waals surface area contributed by atoms with Crippen LogP contribution in [0.4, 0.5) is 23.1 Å². The molecule has 17 heteroatoms. The van der Waals surface area contributed by atoms with Crippen molar-refractivity contribution in [3.8, 4) is 29.4 Å². The molecule has 17 nitrogen and oxygen atoms in total. The van der Waals surface area contributed by atoms with E-state index in [1.54, 1.807) is 12.1 Å². The fraction of sp³-hybridized carbons (Fsp3) is 0.537. The zero-order chi connectivity index (χ0) is 49.6. The van der Waals surface area contributed by atoms with Crippen molar-refractivity contribution in [2.45, 2.75) is 109 Å². The number of phenolic OH excluding ortho intramolecular Hbond substituents is 1. The van der Waals surface area contributed by atoms with Crippen LogP contribution in [-0.2, 0) is 14.4 Å². The number of carbonyl (C=O) groups excluding carboxylic acids is 3. The highest BCUT2D eigenvalue weighted by molar-refractivity contribution is 5.93. The van der Waals surface area contributed by atoms with Crippen LogP contribution in [-0.4, -0.2) is 147 Å². The van der Waals surface area contributed by atoms with Gasteiger partial charge in [-0.1, -0.05) is 51.0 Å². The van der Waals surface area contributed by atoms with E-state index in [0.29, 0.717) is 17.3 Å². The summed E-state index contributed by atoms with van der Waals surface area (Å²) in [6, 6.07) is 15.3. The number of likely N-dealkylation sites (tertiary alicyclic amines) is 1. The van der Waals surface area contributed by atoms with Crippen LogP contribution in [0.15, 0.2) is 67.0 Å². The molecule has 5 atom stereocenters. The Bertz CT molecular complexity index is 2630. The molecule has 0 radical (unpaired) electrons. The number of benzene rings is 2. The number of rotatable bonds is 10. The van der Waals surface area contributed by atoms with Gasteiger partial charge in [-0.15, -0.1) is 16.6 Å². The first-order valence-corrected chi connectivity index (χ1v) is 25.5. The molecule has 4 aromatic rings.